The molecule has 1 heterocycles. The Labute approximate surface area is 163 Å². The van der Waals surface area contributed by atoms with Gasteiger partial charge in [-0.25, -0.2) is 17.7 Å². The first kappa shape index (κ1) is 19.3. The first-order valence-electron chi connectivity index (χ1n) is 8.35. The average molecular weight is 400 g/mol. The summed E-state index contributed by atoms with van der Waals surface area (Å²) in [5.41, 5.74) is 2.79. The lowest BCUT2D eigenvalue weighted by atomic mass is 10.2. The van der Waals surface area contributed by atoms with Crippen molar-refractivity contribution in [1.29, 1.82) is 0 Å². The molecule has 0 saturated heterocycles. The van der Waals surface area contributed by atoms with Gasteiger partial charge in [-0.1, -0.05) is 36.4 Å². The Bertz CT molecular complexity index is 1090. The van der Waals surface area contributed by atoms with Gasteiger partial charge in [-0.3, -0.25) is 0 Å². The highest BCUT2D eigenvalue weighted by atomic mass is 32.2. The highest BCUT2D eigenvalue weighted by Gasteiger charge is 2.17. The van der Waals surface area contributed by atoms with Gasteiger partial charge < -0.3 is 4.57 Å². The van der Waals surface area contributed by atoms with E-state index in [9.17, 15) is 8.42 Å². The quantitative estimate of drug-likeness (QED) is 0.591. The molecule has 1 aromatic heterocycles. The van der Waals surface area contributed by atoms with Gasteiger partial charge in [0.05, 0.1) is 16.3 Å². The van der Waals surface area contributed by atoms with E-state index in [1.54, 1.807) is 23.5 Å². The molecule has 0 spiro atoms. The van der Waals surface area contributed by atoms with E-state index in [-0.39, 0.29) is 4.90 Å². The van der Waals surface area contributed by atoms with Crippen molar-refractivity contribution in [3.63, 3.8) is 0 Å². The molecule has 0 aliphatic heterocycles. The lowest BCUT2D eigenvalue weighted by Crippen LogP contribution is -2.22. The van der Waals surface area contributed by atoms with Gasteiger partial charge >= 0.3 is 0 Å². The van der Waals surface area contributed by atoms with Crippen molar-refractivity contribution in [2.75, 3.05) is 14.1 Å². The Hall–Kier alpha value is -2.48. The highest BCUT2D eigenvalue weighted by molar-refractivity contribution is 7.89. The second-order valence-electron chi connectivity index (χ2n) is 6.06. The SMILES string of the molecule is C=CCn1c(-c2ccc(S(=O)(=O)N(C)C)cc2)csc1=Nc1ccccc1. The van der Waals surface area contributed by atoms with E-state index < -0.39 is 10.0 Å². The van der Waals surface area contributed by atoms with E-state index in [0.717, 1.165) is 21.7 Å². The maximum Gasteiger partial charge on any atom is 0.242 e. The van der Waals surface area contributed by atoms with Crippen molar-refractivity contribution in [3.05, 3.63) is 77.4 Å². The van der Waals surface area contributed by atoms with Crippen molar-refractivity contribution >= 4 is 27.0 Å². The van der Waals surface area contributed by atoms with Crippen LogP contribution in [-0.4, -0.2) is 31.4 Å². The minimum Gasteiger partial charge on any atom is -0.313 e. The summed E-state index contributed by atoms with van der Waals surface area (Å²) in [4.78, 5) is 5.85. The first-order valence-corrected chi connectivity index (χ1v) is 10.7. The van der Waals surface area contributed by atoms with Crippen molar-refractivity contribution in [2.24, 2.45) is 4.99 Å². The molecule has 0 unspecified atom stereocenters. The van der Waals surface area contributed by atoms with Crippen LogP contribution in [0.15, 0.2) is 82.5 Å². The predicted octanol–water partition coefficient (Wildman–Crippen LogP) is 3.89. The van der Waals surface area contributed by atoms with Gasteiger partial charge in [0.15, 0.2) is 4.80 Å². The normalized spacial score (nSPS) is 12.5. The summed E-state index contributed by atoms with van der Waals surface area (Å²) in [7, 11) is -0.387. The molecule has 7 heteroatoms. The smallest absolute Gasteiger partial charge is 0.242 e. The van der Waals surface area contributed by atoms with Crippen LogP contribution in [0.1, 0.15) is 0 Å². The summed E-state index contributed by atoms with van der Waals surface area (Å²) in [5, 5.41) is 2.03. The minimum atomic E-state index is -3.44. The molecule has 3 rings (SSSR count). The van der Waals surface area contributed by atoms with Crippen LogP contribution >= 0.6 is 11.3 Å². The number of thiazole rings is 1. The Balaban J connectivity index is 2.05. The molecule has 0 atom stereocenters. The Morgan fingerprint density at radius 2 is 1.78 bits per heavy atom. The summed E-state index contributed by atoms with van der Waals surface area (Å²) in [6.45, 7) is 4.45. The molecule has 0 N–H and O–H groups in total. The number of hydrogen-bond acceptors (Lipinski definition) is 4. The second-order valence-corrected chi connectivity index (χ2v) is 9.05. The molecule has 0 fully saturated rings. The summed E-state index contributed by atoms with van der Waals surface area (Å²) < 4.78 is 27.8. The second kappa shape index (κ2) is 8.04. The van der Waals surface area contributed by atoms with Gasteiger partial charge in [-0.05, 0) is 29.8 Å². The van der Waals surface area contributed by atoms with Gasteiger partial charge in [-0.2, -0.15) is 0 Å². The van der Waals surface area contributed by atoms with Gasteiger partial charge in [-0.15, -0.1) is 17.9 Å². The summed E-state index contributed by atoms with van der Waals surface area (Å²) in [6.07, 6.45) is 1.82. The van der Waals surface area contributed by atoms with Gasteiger partial charge in [0.25, 0.3) is 0 Å². The summed E-state index contributed by atoms with van der Waals surface area (Å²) in [5.74, 6) is 0. The Kier molecular flexibility index (Phi) is 5.74. The molecule has 0 amide bonds. The third-order valence-electron chi connectivity index (χ3n) is 4.02. The molecule has 0 saturated carbocycles. The zero-order chi connectivity index (χ0) is 19.4. The van der Waals surface area contributed by atoms with Crippen molar-refractivity contribution in [1.82, 2.24) is 8.87 Å². The molecule has 0 aliphatic carbocycles. The fraction of sp³-hybridized carbons (Fsp3) is 0.150. The minimum absolute atomic E-state index is 0.274. The lowest BCUT2D eigenvalue weighted by Gasteiger charge is -2.12. The molecular weight excluding hydrogens is 378 g/mol. The fourth-order valence-electron chi connectivity index (χ4n) is 2.58. The largest absolute Gasteiger partial charge is 0.313 e. The number of nitrogens with zero attached hydrogens (tertiary/aromatic N) is 3. The fourth-order valence-corrected chi connectivity index (χ4v) is 4.42. The van der Waals surface area contributed by atoms with Crippen LogP contribution in [-0.2, 0) is 16.6 Å². The maximum absolute atomic E-state index is 12.3. The molecule has 0 aliphatic rings. The Morgan fingerprint density at radius 1 is 1.11 bits per heavy atom. The topological polar surface area (TPSA) is 54.7 Å². The standard InChI is InChI=1S/C20H21N3O2S2/c1-4-14-23-19(15-26-20(23)21-17-8-6-5-7-9-17)16-10-12-18(13-11-16)27(24,25)22(2)3/h4-13,15H,1,14H2,2-3H3. The molecule has 5 nitrogen and oxygen atoms in total. The van der Waals surface area contributed by atoms with E-state index in [0.29, 0.717) is 6.54 Å². The monoisotopic (exact) mass is 399 g/mol. The van der Waals surface area contributed by atoms with Gasteiger partial charge in [0.2, 0.25) is 10.0 Å². The number of sulfonamides is 1. The molecular formula is C20H21N3O2S2. The summed E-state index contributed by atoms with van der Waals surface area (Å²) in [6, 6.07) is 16.7. The molecule has 27 heavy (non-hydrogen) atoms. The van der Waals surface area contributed by atoms with E-state index >= 15 is 0 Å². The molecule has 2 aromatic carbocycles. The van der Waals surface area contributed by atoms with Crippen molar-refractivity contribution in [3.8, 4) is 11.3 Å². The van der Waals surface area contributed by atoms with Gasteiger partial charge in [0.1, 0.15) is 0 Å². The van der Waals surface area contributed by atoms with Crippen LogP contribution in [0.3, 0.4) is 0 Å². The van der Waals surface area contributed by atoms with Crippen LogP contribution in [0.4, 0.5) is 5.69 Å². The first-order chi connectivity index (χ1) is 12.9. The number of hydrogen-bond donors (Lipinski definition) is 0. The van der Waals surface area contributed by atoms with Crippen LogP contribution in [0, 0.1) is 0 Å². The molecule has 0 bridgehead atoms. The van der Waals surface area contributed by atoms with E-state index in [1.165, 1.54) is 18.4 Å². The van der Waals surface area contributed by atoms with Crippen LogP contribution in [0.5, 0.6) is 0 Å². The van der Waals surface area contributed by atoms with Crippen molar-refractivity contribution in [2.45, 2.75) is 11.4 Å². The highest BCUT2D eigenvalue weighted by Crippen LogP contribution is 2.23. The molecule has 3 aromatic rings. The van der Waals surface area contributed by atoms with E-state index in [4.69, 9.17) is 4.99 Å². The Morgan fingerprint density at radius 3 is 2.37 bits per heavy atom. The third-order valence-corrected chi connectivity index (χ3v) is 6.71. The lowest BCUT2D eigenvalue weighted by molar-refractivity contribution is 0.521. The average Bonchev–Trinajstić information content (AvgIpc) is 3.05. The zero-order valence-corrected chi connectivity index (χ0v) is 16.9. The van der Waals surface area contributed by atoms with Crippen molar-refractivity contribution < 1.29 is 8.42 Å². The molecule has 0 radical (unpaired) electrons. The van der Waals surface area contributed by atoms with E-state index in [1.807, 2.05) is 53.9 Å². The number of aromatic nitrogens is 1. The third kappa shape index (κ3) is 4.10. The van der Waals surface area contributed by atoms with Crippen LogP contribution < -0.4 is 4.80 Å². The number of para-hydroxylation sites is 1. The summed E-state index contributed by atoms with van der Waals surface area (Å²) >= 11 is 1.54. The maximum atomic E-state index is 12.3. The van der Waals surface area contributed by atoms with E-state index in [2.05, 4.69) is 11.1 Å². The number of benzene rings is 2. The zero-order valence-electron chi connectivity index (χ0n) is 15.2. The number of rotatable bonds is 6. The van der Waals surface area contributed by atoms with Crippen LogP contribution in [0.2, 0.25) is 0 Å². The number of allylic oxidation sites excluding steroid dienone is 1. The predicted molar refractivity (Wildman–Crippen MR) is 110 cm³/mol. The van der Waals surface area contributed by atoms with Gasteiger partial charge in [0, 0.05) is 26.0 Å². The van der Waals surface area contributed by atoms with Crippen LogP contribution in [0.25, 0.3) is 11.3 Å². The molecule has 140 valence electrons.